The third-order valence-electron chi connectivity index (χ3n) is 4.41. The van der Waals surface area contributed by atoms with Crippen LogP contribution in [-0.2, 0) is 24.6 Å². The fourth-order valence-corrected chi connectivity index (χ4v) is 3.07. The highest BCUT2D eigenvalue weighted by molar-refractivity contribution is 6.31. The van der Waals surface area contributed by atoms with Crippen LogP contribution in [0.3, 0.4) is 0 Å². The highest BCUT2D eigenvalue weighted by Crippen LogP contribution is 2.27. The molecule has 28 heavy (non-hydrogen) atoms. The van der Waals surface area contributed by atoms with E-state index in [0.29, 0.717) is 41.7 Å². The number of fused-ring (bicyclic) bond motifs is 1. The Morgan fingerprint density at radius 2 is 1.89 bits per heavy atom. The van der Waals surface area contributed by atoms with E-state index < -0.39 is 0 Å². The molecular weight excluding hydrogens is 378 g/mol. The summed E-state index contributed by atoms with van der Waals surface area (Å²) in [7, 11) is 0. The van der Waals surface area contributed by atoms with E-state index in [4.69, 9.17) is 21.4 Å². The van der Waals surface area contributed by atoms with Crippen LogP contribution in [0.15, 0.2) is 60.9 Å². The van der Waals surface area contributed by atoms with Crippen molar-refractivity contribution in [2.45, 2.75) is 19.7 Å². The number of hydrogen-bond donors (Lipinski definition) is 2. The van der Waals surface area contributed by atoms with E-state index in [1.807, 2.05) is 30.3 Å². The predicted octanol–water partition coefficient (Wildman–Crippen LogP) is 4.10. The minimum absolute atomic E-state index is 0.211. The van der Waals surface area contributed by atoms with E-state index >= 15 is 0 Å². The second kappa shape index (κ2) is 8.29. The summed E-state index contributed by atoms with van der Waals surface area (Å²) < 4.78 is 0. The summed E-state index contributed by atoms with van der Waals surface area (Å²) in [6.45, 7) is 1.38. The van der Waals surface area contributed by atoms with Gasteiger partial charge in [0.05, 0.1) is 5.56 Å². The number of pyridine rings is 1. The van der Waals surface area contributed by atoms with Crippen molar-refractivity contribution in [1.29, 1.82) is 0 Å². The van der Waals surface area contributed by atoms with Gasteiger partial charge in [-0.3, -0.25) is 9.78 Å². The van der Waals surface area contributed by atoms with Crippen LogP contribution in [0.4, 0.5) is 5.69 Å². The maximum atomic E-state index is 12.8. The van der Waals surface area contributed by atoms with Gasteiger partial charge in [-0.1, -0.05) is 23.7 Å². The third-order valence-corrected chi connectivity index (χ3v) is 4.64. The molecule has 7 heteroatoms. The van der Waals surface area contributed by atoms with Gasteiger partial charge in [-0.2, -0.15) is 4.89 Å². The van der Waals surface area contributed by atoms with E-state index in [1.165, 1.54) is 0 Å². The van der Waals surface area contributed by atoms with Crippen molar-refractivity contribution in [3.63, 3.8) is 0 Å². The predicted molar refractivity (Wildman–Crippen MR) is 106 cm³/mol. The molecule has 0 spiro atoms. The molecule has 1 aliphatic heterocycles. The van der Waals surface area contributed by atoms with Crippen LogP contribution in [0.1, 0.15) is 27.0 Å². The van der Waals surface area contributed by atoms with Crippen molar-refractivity contribution >= 4 is 23.2 Å². The van der Waals surface area contributed by atoms with Gasteiger partial charge in [0.2, 0.25) is 0 Å². The second-order valence-corrected chi connectivity index (χ2v) is 6.81. The number of anilines is 1. The van der Waals surface area contributed by atoms with Crippen LogP contribution in [0.25, 0.3) is 0 Å². The Morgan fingerprint density at radius 3 is 2.75 bits per heavy atom. The number of benzene rings is 2. The van der Waals surface area contributed by atoms with E-state index in [0.717, 1.165) is 16.7 Å². The van der Waals surface area contributed by atoms with Gasteiger partial charge in [-0.05, 0) is 47.5 Å². The lowest BCUT2D eigenvalue weighted by atomic mass is 10.1. The van der Waals surface area contributed by atoms with Gasteiger partial charge < -0.3 is 15.5 Å². The molecule has 2 heterocycles. The third kappa shape index (κ3) is 4.24. The number of hydrogen-bond acceptors (Lipinski definition) is 5. The highest BCUT2D eigenvalue weighted by Gasteiger charge is 2.15. The zero-order chi connectivity index (χ0) is 19.3. The molecule has 0 bridgehead atoms. The molecule has 0 fully saturated rings. The summed E-state index contributed by atoms with van der Waals surface area (Å²) >= 11 is 6.11. The SMILES string of the molecule is O=C(NCc1ccc2c(c1)OOC2)c1cc(Cl)ccc1NCc1ccncc1. The van der Waals surface area contributed by atoms with Crippen LogP contribution in [-0.4, -0.2) is 10.9 Å². The Balaban J connectivity index is 1.45. The lowest BCUT2D eigenvalue weighted by Gasteiger charge is -2.13. The summed E-state index contributed by atoms with van der Waals surface area (Å²) in [6, 6.07) is 14.8. The van der Waals surface area contributed by atoms with Gasteiger partial charge in [0, 0.05) is 41.8 Å². The fourth-order valence-electron chi connectivity index (χ4n) is 2.90. The first-order valence-electron chi connectivity index (χ1n) is 8.81. The van der Waals surface area contributed by atoms with Crippen molar-refractivity contribution in [2.75, 3.05) is 5.32 Å². The number of halogens is 1. The Kier molecular flexibility index (Phi) is 5.41. The molecule has 142 valence electrons. The van der Waals surface area contributed by atoms with Gasteiger partial charge >= 0.3 is 0 Å². The van der Waals surface area contributed by atoms with Crippen LogP contribution < -0.4 is 15.5 Å². The average molecular weight is 396 g/mol. The van der Waals surface area contributed by atoms with E-state index in [2.05, 4.69) is 15.6 Å². The van der Waals surface area contributed by atoms with Crippen molar-refractivity contribution < 1.29 is 14.6 Å². The summed E-state index contributed by atoms with van der Waals surface area (Å²) in [5, 5.41) is 6.72. The van der Waals surface area contributed by atoms with Crippen LogP contribution >= 0.6 is 11.6 Å². The Hall–Kier alpha value is -3.09. The summed E-state index contributed by atoms with van der Waals surface area (Å²) in [6.07, 6.45) is 3.47. The number of rotatable bonds is 6. The minimum Gasteiger partial charge on any atom is -0.380 e. The molecule has 2 aromatic carbocycles. The summed E-state index contributed by atoms with van der Waals surface area (Å²) in [5.74, 6) is 0.478. The quantitative estimate of drug-likeness (QED) is 0.615. The molecule has 0 aliphatic carbocycles. The monoisotopic (exact) mass is 395 g/mol. The van der Waals surface area contributed by atoms with Crippen LogP contribution in [0, 0.1) is 0 Å². The van der Waals surface area contributed by atoms with Crippen LogP contribution in [0.5, 0.6) is 5.75 Å². The van der Waals surface area contributed by atoms with Crippen LogP contribution in [0.2, 0.25) is 5.02 Å². The first-order chi connectivity index (χ1) is 13.7. The number of nitrogens with zero attached hydrogens (tertiary/aromatic N) is 1. The largest absolute Gasteiger partial charge is 0.380 e. The Labute approximate surface area is 167 Å². The molecule has 3 aromatic rings. The topological polar surface area (TPSA) is 72.5 Å². The maximum Gasteiger partial charge on any atom is 0.253 e. The molecule has 1 aliphatic rings. The molecule has 0 radical (unpaired) electrons. The first kappa shape index (κ1) is 18.3. The standard InChI is InChI=1S/C21H18ClN3O3/c22-17-3-4-19(24-11-14-5-7-23-8-6-14)18(10-17)21(26)25-12-15-1-2-16-13-27-28-20(16)9-15/h1-10,24H,11-13H2,(H,25,26). The van der Waals surface area contributed by atoms with Gasteiger partial charge in [-0.25, -0.2) is 0 Å². The van der Waals surface area contributed by atoms with Crippen molar-refractivity contribution in [3.05, 3.63) is 88.2 Å². The van der Waals surface area contributed by atoms with Gasteiger partial charge in [0.25, 0.3) is 5.91 Å². The number of carbonyl (C=O) groups excluding carboxylic acids is 1. The molecule has 4 rings (SSSR count). The molecule has 0 saturated heterocycles. The molecule has 1 aromatic heterocycles. The molecule has 2 N–H and O–H groups in total. The lowest BCUT2D eigenvalue weighted by Crippen LogP contribution is -2.24. The number of carbonyl (C=O) groups is 1. The van der Waals surface area contributed by atoms with Gasteiger partial charge in [0.15, 0.2) is 5.75 Å². The van der Waals surface area contributed by atoms with Crippen molar-refractivity contribution in [1.82, 2.24) is 10.3 Å². The van der Waals surface area contributed by atoms with E-state index in [9.17, 15) is 4.79 Å². The first-order valence-corrected chi connectivity index (χ1v) is 9.18. The maximum absolute atomic E-state index is 12.8. The fraction of sp³-hybridized carbons (Fsp3) is 0.143. The summed E-state index contributed by atoms with van der Waals surface area (Å²) in [5.41, 5.74) is 4.18. The smallest absolute Gasteiger partial charge is 0.253 e. The molecule has 1 amide bonds. The Morgan fingerprint density at radius 1 is 1.04 bits per heavy atom. The van der Waals surface area contributed by atoms with E-state index in [1.54, 1.807) is 30.6 Å². The molecule has 0 unspecified atom stereocenters. The Bertz CT molecular complexity index is 995. The molecule has 6 nitrogen and oxygen atoms in total. The zero-order valence-corrected chi connectivity index (χ0v) is 15.7. The molecule has 0 atom stereocenters. The summed E-state index contributed by atoms with van der Waals surface area (Å²) in [4.78, 5) is 26.8. The number of nitrogens with one attached hydrogen (secondary N) is 2. The van der Waals surface area contributed by atoms with Gasteiger partial charge in [-0.15, -0.1) is 0 Å². The number of amides is 1. The normalized spacial score (nSPS) is 12.2. The highest BCUT2D eigenvalue weighted by atomic mass is 35.5. The second-order valence-electron chi connectivity index (χ2n) is 6.37. The zero-order valence-electron chi connectivity index (χ0n) is 14.9. The average Bonchev–Trinajstić information content (AvgIpc) is 3.19. The van der Waals surface area contributed by atoms with E-state index in [-0.39, 0.29) is 5.91 Å². The molecule has 0 saturated carbocycles. The van der Waals surface area contributed by atoms with Crippen molar-refractivity contribution in [3.8, 4) is 5.75 Å². The number of aromatic nitrogens is 1. The molecular formula is C21H18ClN3O3. The lowest BCUT2D eigenvalue weighted by molar-refractivity contribution is -0.194. The van der Waals surface area contributed by atoms with Gasteiger partial charge in [0.1, 0.15) is 6.61 Å². The van der Waals surface area contributed by atoms with Crippen molar-refractivity contribution in [2.24, 2.45) is 0 Å². The minimum atomic E-state index is -0.211.